The third kappa shape index (κ3) is 3.00. The summed E-state index contributed by atoms with van der Waals surface area (Å²) in [6.45, 7) is 0. The number of aliphatic carboxylic acids is 1. The summed E-state index contributed by atoms with van der Waals surface area (Å²) in [6, 6.07) is 7.07. The van der Waals surface area contributed by atoms with Crippen molar-refractivity contribution in [3.05, 3.63) is 36.0 Å². The van der Waals surface area contributed by atoms with Crippen molar-refractivity contribution in [2.24, 2.45) is 5.73 Å². The molecule has 3 N–H and O–H groups in total. The lowest BCUT2D eigenvalue weighted by atomic mass is 9.99. The zero-order valence-electron chi connectivity index (χ0n) is 10.7. The van der Waals surface area contributed by atoms with Gasteiger partial charge in [0.25, 0.3) is 0 Å². The standard InChI is InChI=1S/C14H16N2O3/c1-19-9-2-4-13-11(8-9)10(6-7-16-13)12(15)3-5-14(17)18/h2,4,6-8,12H,3,5,15H2,1H3,(H,17,18). The number of rotatable bonds is 5. The number of nitrogens with zero attached hydrogens (tertiary/aromatic N) is 1. The number of benzene rings is 1. The van der Waals surface area contributed by atoms with Crippen LogP contribution in [0.3, 0.4) is 0 Å². The van der Waals surface area contributed by atoms with Gasteiger partial charge in [0.15, 0.2) is 0 Å². The molecule has 0 saturated heterocycles. The van der Waals surface area contributed by atoms with Crippen LogP contribution in [0.1, 0.15) is 24.4 Å². The first-order valence-corrected chi connectivity index (χ1v) is 6.02. The fourth-order valence-electron chi connectivity index (χ4n) is 2.03. The molecule has 1 aromatic heterocycles. The average molecular weight is 260 g/mol. The number of nitrogens with two attached hydrogens (primary N) is 1. The zero-order chi connectivity index (χ0) is 13.8. The third-order valence-electron chi connectivity index (χ3n) is 3.05. The smallest absolute Gasteiger partial charge is 0.303 e. The highest BCUT2D eigenvalue weighted by Gasteiger charge is 2.12. The molecule has 2 aromatic rings. The highest BCUT2D eigenvalue weighted by molar-refractivity contribution is 5.84. The predicted octanol–water partition coefficient (Wildman–Crippen LogP) is 2.11. The van der Waals surface area contributed by atoms with Crippen molar-refractivity contribution in [2.75, 3.05) is 7.11 Å². The minimum Gasteiger partial charge on any atom is -0.497 e. The van der Waals surface area contributed by atoms with E-state index in [1.54, 1.807) is 13.3 Å². The fraction of sp³-hybridized carbons (Fsp3) is 0.286. The van der Waals surface area contributed by atoms with Crippen LogP contribution in [0.25, 0.3) is 10.9 Å². The first-order valence-electron chi connectivity index (χ1n) is 6.02. The molecule has 0 aliphatic rings. The molecule has 5 nitrogen and oxygen atoms in total. The number of aromatic nitrogens is 1. The van der Waals surface area contributed by atoms with Crippen LogP contribution >= 0.6 is 0 Å². The molecule has 0 saturated carbocycles. The van der Waals surface area contributed by atoms with E-state index in [1.807, 2.05) is 24.3 Å². The van der Waals surface area contributed by atoms with Gasteiger partial charge in [-0.05, 0) is 36.2 Å². The summed E-state index contributed by atoms with van der Waals surface area (Å²) in [5.41, 5.74) is 7.79. The molecule has 0 radical (unpaired) electrons. The molecule has 1 unspecified atom stereocenters. The molecule has 2 rings (SSSR count). The molecule has 0 amide bonds. The number of fused-ring (bicyclic) bond motifs is 1. The van der Waals surface area contributed by atoms with E-state index >= 15 is 0 Å². The Bertz CT molecular complexity index is 598. The number of ether oxygens (including phenoxy) is 1. The average Bonchev–Trinajstić information content (AvgIpc) is 2.43. The number of methoxy groups -OCH3 is 1. The van der Waals surface area contributed by atoms with Gasteiger partial charge in [-0.1, -0.05) is 0 Å². The van der Waals surface area contributed by atoms with Crippen molar-refractivity contribution in [1.82, 2.24) is 4.98 Å². The lowest BCUT2D eigenvalue weighted by Gasteiger charge is -2.14. The van der Waals surface area contributed by atoms with Crippen molar-refractivity contribution in [1.29, 1.82) is 0 Å². The van der Waals surface area contributed by atoms with E-state index in [0.717, 1.165) is 22.2 Å². The Morgan fingerprint density at radius 1 is 1.47 bits per heavy atom. The summed E-state index contributed by atoms with van der Waals surface area (Å²) in [4.78, 5) is 14.9. The first-order chi connectivity index (χ1) is 9.11. The second-order valence-corrected chi connectivity index (χ2v) is 4.32. The minimum absolute atomic E-state index is 0.0505. The van der Waals surface area contributed by atoms with Crippen LogP contribution in [0.4, 0.5) is 0 Å². The Morgan fingerprint density at radius 3 is 2.95 bits per heavy atom. The van der Waals surface area contributed by atoms with E-state index in [9.17, 15) is 4.79 Å². The summed E-state index contributed by atoms with van der Waals surface area (Å²) in [6.07, 6.45) is 2.13. The maximum atomic E-state index is 10.6. The van der Waals surface area contributed by atoms with Gasteiger partial charge in [-0.3, -0.25) is 9.78 Å². The summed E-state index contributed by atoms with van der Waals surface area (Å²) in [5, 5.41) is 9.62. The topological polar surface area (TPSA) is 85.4 Å². The highest BCUT2D eigenvalue weighted by atomic mass is 16.5. The Labute approximate surface area is 111 Å². The van der Waals surface area contributed by atoms with E-state index in [4.69, 9.17) is 15.6 Å². The Morgan fingerprint density at radius 2 is 2.26 bits per heavy atom. The minimum atomic E-state index is -0.841. The molecule has 1 heterocycles. The van der Waals surface area contributed by atoms with Crippen LogP contribution in [0, 0.1) is 0 Å². The number of pyridine rings is 1. The van der Waals surface area contributed by atoms with Gasteiger partial charge in [0.1, 0.15) is 5.75 Å². The van der Waals surface area contributed by atoms with Gasteiger partial charge in [-0.2, -0.15) is 0 Å². The van der Waals surface area contributed by atoms with Crippen LogP contribution in [0.15, 0.2) is 30.5 Å². The Hall–Kier alpha value is -2.14. The molecule has 100 valence electrons. The summed E-state index contributed by atoms with van der Waals surface area (Å²) < 4.78 is 5.19. The number of carbonyl (C=O) groups is 1. The van der Waals surface area contributed by atoms with Crippen molar-refractivity contribution < 1.29 is 14.6 Å². The van der Waals surface area contributed by atoms with Crippen LogP contribution in [-0.2, 0) is 4.79 Å². The molecule has 0 bridgehead atoms. The Kier molecular flexibility index (Phi) is 3.97. The van der Waals surface area contributed by atoms with Gasteiger partial charge >= 0.3 is 5.97 Å². The maximum absolute atomic E-state index is 10.6. The van der Waals surface area contributed by atoms with Gasteiger partial charge < -0.3 is 15.6 Å². The van der Waals surface area contributed by atoms with E-state index < -0.39 is 5.97 Å². The monoisotopic (exact) mass is 260 g/mol. The van der Waals surface area contributed by atoms with E-state index in [-0.39, 0.29) is 12.5 Å². The van der Waals surface area contributed by atoms with Gasteiger partial charge in [-0.15, -0.1) is 0 Å². The fourth-order valence-corrected chi connectivity index (χ4v) is 2.03. The van der Waals surface area contributed by atoms with E-state index in [2.05, 4.69) is 4.98 Å². The van der Waals surface area contributed by atoms with Crippen molar-refractivity contribution in [3.8, 4) is 5.75 Å². The predicted molar refractivity (Wildman–Crippen MR) is 72.1 cm³/mol. The number of hydrogen-bond acceptors (Lipinski definition) is 4. The quantitative estimate of drug-likeness (QED) is 0.860. The third-order valence-corrected chi connectivity index (χ3v) is 3.05. The summed E-state index contributed by atoms with van der Waals surface area (Å²) in [5.74, 6) is -0.112. The van der Waals surface area contributed by atoms with Crippen LogP contribution in [0.2, 0.25) is 0 Å². The molecule has 0 aliphatic heterocycles. The van der Waals surface area contributed by atoms with Crippen molar-refractivity contribution in [2.45, 2.75) is 18.9 Å². The molecule has 19 heavy (non-hydrogen) atoms. The summed E-state index contributed by atoms with van der Waals surface area (Å²) in [7, 11) is 1.60. The largest absolute Gasteiger partial charge is 0.497 e. The van der Waals surface area contributed by atoms with Gasteiger partial charge in [0.05, 0.1) is 12.6 Å². The number of carboxylic acids is 1. The first kappa shape index (κ1) is 13.3. The van der Waals surface area contributed by atoms with Crippen LogP contribution in [-0.4, -0.2) is 23.2 Å². The van der Waals surface area contributed by atoms with Gasteiger partial charge in [0, 0.05) is 24.0 Å². The normalized spacial score (nSPS) is 12.3. The second kappa shape index (κ2) is 5.67. The van der Waals surface area contributed by atoms with Crippen molar-refractivity contribution in [3.63, 3.8) is 0 Å². The molecular formula is C14H16N2O3. The molecule has 1 atom stereocenters. The number of hydrogen-bond donors (Lipinski definition) is 2. The van der Waals surface area contributed by atoms with Crippen molar-refractivity contribution >= 4 is 16.9 Å². The molecule has 0 spiro atoms. The summed E-state index contributed by atoms with van der Waals surface area (Å²) >= 11 is 0. The SMILES string of the molecule is COc1ccc2nccc(C(N)CCC(=O)O)c2c1. The number of carboxylic acid groups (broad SMARTS) is 1. The van der Waals surface area contributed by atoms with Gasteiger partial charge in [0.2, 0.25) is 0 Å². The van der Waals surface area contributed by atoms with Crippen LogP contribution < -0.4 is 10.5 Å². The highest BCUT2D eigenvalue weighted by Crippen LogP contribution is 2.27. The maximum Gasteiger partial charge on any atom is 0.303 e. The van der Waals surface area contributed by atoms with Gasteiger partial charge in [-0.25, -0.2) is 0 Å². The molecule has 0 fully saturated rings. The van der Waals surface area contributed by atoms with E-state index in [1.165, 1.54) is 0 Å². The Balaban J connectivity index is 2.38. The molecule has 0 aliphatic carbocycles. The molecule has 5 heteroatoms. The zero-order valence-corrected chi connectivity index (χ0v) is 10.7. The van der Waals surface area contributed by atoms with Crippen LogP contribution in [0.5, 0.6) is 5.75 Å². The van der Waals surface area contributed by atoms with E-state index in [0.29, 0.717) is 6.42 Å². The lowest BCUT2D eigenvalue weighted by molar-refractivity contribution is -0.137. The molecular weight excluding hydrogens is 244 g/mol. The lowest BCUT2D eigenvalue weighted by Crippen LogP contribution is -2.13. The molecule has 1 aromatic carbocycles. The second-order valence-electron chi connectivity index (χ2n) is 4.32.